The van der Waals surface area contributed by atoms with Gasteiger partial charge in [-0.25, -0.2) is 18.0 Å². The van der Waals surface area contributed by atoms with Gasteiger partial charge in [-0.3, -0.25) is 0 Å². The van der Waals surface area contributed by atoms with Gasteiger partial charge in [0.2, 0.25) is 0 Å². The molecule has 0 aliphatic heterocycles. The number of rotatable bonds is 7. The van der Waals surface area contributed by atoms with E-state index < -0.39 is 27.1 Å². The molecule has 3 N–H and O–H groups in total. The molecule has 7 nitrogen and oxygen atoms in total. The van der Waals surface area contributed by atoms with Gasteiger partial charge in [0.05, 0.1) is 16.6 Å². The van der Waals surface area contributed by atoms with Crippen molar-refractivity contribution in [2.24, 2.45) is 0 Å². The second-order valence-electron chi connectivity index (χ2n) is 5.03. The van der Waals surface area contributed by atoms with Crippen molar-refractivity contribution in [3.63, 3.8) is 0 Å². The molecule has 122 valence electrons. The fourth-order valence-electron chi connectivity index (χ4n) is 1.55. The summed E-state index contributed by atoms with van der Waals surface area (Å²) in [6, 6.07) is 5.64. The van der Waals surface area contributed by atoms with Crippen molar-refractivity contribution in [1.82, 2.24) is 10.6 Å². The highest BCUT2D eigenvalue weighted by Crippen LogP contribution is 2.04. The maximum absolute atomic E-state index is 11.6. The molecule has 1 aromatic carbocycles. The molecule has 22 heavy (non-hydrogen) atoms. The van der Waals surface area contributed by atoms with Gasteiger partial charge in [0.25, 0.3) is 0 Å². The van der Waals surface area contributed by atoms with Gasteiger partial charge in [0.1, 0.15) is 0 Å². The number of aromatic carboxylic acids is 1. The lowest BCUT2D eigenvalue weighted by Crippen LogP contribution is -2.38. The Morgan fingerprint density at radius 1 is 1.14 bits per heavy atom. The average molecular weight is 328 g/mol. The van der Waals surface area contributed by atoms with E-state index >= 15 is 0 Å². The fraction of sp³-hybridized carbons (Fsp3) is 0.429. The zero-order chi connectivity index (χ0) is 16.8. The number of benzene rings is 1. The first kappa shape index (κ1) is 18.0. The Kier molecular flexibility index (Phi) is 6.36. The number of amides is 2. The first-order valence-electron chi connectivity index (χ1n) is 6.78. The second kappa shape index (κ2) is 7.79. The van der Waals surface area contributed by atoms with Crippen LogP contribution in [-0.4, -0.2) is 43.1 Å². The summed E-state index contributed by atoms with van der Waals surface area (Å²) in [5.74, 6) is -1.12. The van der Waals surface area contributed by atoms with Crippen LogP contribution in [0.3, 0.4) is 0 Å². The molecular formula is C14H20N2O5S. The summed E-state index contributed by atoms with van der Waals surface area (Å²) in [5, 5.41) is 13.3. The Morgan fingerprint density at radius 2 is 1.73 bits per heavy atom. The number of carboxylic acid groups (broad SMARTS) is 1. The molecule has 0 aliphatic carbocycles. The zero-order valence-electron chi connectivity index (χ0n) is 12.5. The zero-order valence-corrected chi connectivity index (χ0v) is 13.3. The SMILES string of the molecule is CC(C)S(=O)(=O)CCNC(=O)NCc1ccc(C(=O)O)cc1. The van der Waals surface area contributed by atoms with Crippen molar-refractivity contribution >= 4 is 21.8 Å². The van der Waals surface area contributed by atoms with Crippen LogP contribution in [0.1, 0.15) is 29.8 Å². The number of hydrogen-bond donors (Lipinski definition) is 3. The predicted octanol–water partition coefficient (Wildman–Crippen LogP) is 1.01. The summed E-state index contributed by atoms with van der Waals surface area (Å²) in [6.45, 7) is 3.46. The van der Waals surface area contributed by atoms with Crippen molar-refractivity contribution in [3.05, 3.63) is 35.4 Å². The van der Waals surface area contributed by atoms with E-state index in [1.54, 1.807) is 26.0 Å². The Balaban J connectivity index is 2.36. The van der Waals surface area contributed by atoms with Gasteiger partial charge < -0.3 is 15.7 Å². The quantitative estimate of drug-likeness (QED) is 0.691. The highest BCUT2D eigenvalue weighted by molar-refractivity contribution is 7.92. The number of sulfone groups is 1. The van der Waals surface area contributed by atoms with Crippen LogP contribution in [0, 0.1) is 0 Å². The molecule has 0 heterocycles. The molecule has 1 aromatic rings. The minimum Gasteiger partial charge on any atom is -0.478 e. The lowest BCUT2D eigenvalue weighted by molar-refractivity contribution is 0.0697. The third-order valence-corrected chi connectivity index (χ3v) is 5.25. The van der Waals surface area contributed by atoms with Crippen LogP contribution in [0.15, 0.2) is 24.3 Å². The maximum Gasteiger partial charge on any atom is 0.335 e. The largest absolute Gasteiger partial charge is 0.478 e. The first-order chi connectivity index (χ1) is 10.2. The summed E-state index contributed by atoms with van der Waals surface area (Å²) < 4.78 is 23.1. The Morgan fingerprint density at radius 3 is 2.23 bits per heavy atom. The van der Waals surface area contributed by atoms with Crippen LogP contribution in [0.2, 0.25) is 0 Å². The van der Waals surface area contributed by atoms with Gasteiger partial charge in [0.15, 0.2) is 9.84 Å². The van der Waals surface area contributed by atoms with Gasteiger partial charge in [-0.05, 0) is 31.5 Å². The van der Waals surface area contributed by atoms with E-state index in [0.717, 1.165) is 5.56 Å². The number of hydrogen-bond acceptors (Lipinski definition) is 4. The van der Waals surface area contributed by atoms with Gasteiger partial charge in [-0.2, -0.15) is 0 Å². The van der Waals surface area contributed by atoms with E-state index in [-0.39, 0.29) is 24.4 Å². The summed E-state index contributed by atoms with van der Waals surface area (Å²) >= 11 is 0. The molecule has 1 rings (SSSR count). The number of carbonyl (C=O) groups is 2. The van der Waals surface area contributed by atoms with E-state index in [1.165, 1.54) is 12.1 Å². The highest BCUT2D eigenvalue weighted by atomic mass is 32.2. The molecule has 0 bridgehead atoms. The van der Waals surface area contributed by atoms with E-state index in [1.807, 2.05) is 0 Å². The molecule has 0 radical (unpaired) electrons. The topological polar surface area (TPSA) is 113 Å². The van der Waals surface area contributed by atoms with E-state index in [9.17, 15) is 18.0 Å². The highest BCUT2D eigenvalue weighted by Gasteiger charge is 2.15. The van der Waals surface area contributed by atoms with Crippen molar-refractivity contribution in [1.29, 1.82) is 0 Å². The molecule has 0 saturated heterocycles. The minimum atomic E-state index is -3.17. The Bertz CT molecular complexity index is 623. The maximum atomic E-state index is 11.6. The predicted molar refractivity (Wildman–Crippen MR) is 82.6 cm³/mol. The number of urea groups is 1. The third-order valence-electron chi connectivity index (χ3n) is 3.04. The Labute approximate surface area is 129 Å². The number of carbonyl (C=O) groups excluding carboxylic acids is 1. The number of carboxylic acids is 1. The molecular weight excluding hydrogens is 308 g/mol. The summed E-state index contributed by atoms with van der Waals surface area (Å²) in [6.07, 6.45) is 0. The number of nitrogens with one attached hydrogen (secondary N) is 2. The smallest absolute Gasteiger partial charge is 0.335 e. The van der Waals surface area contributed by atoms with Crippen LogP contribution in [0.4, 0.5) is 4.79 Å². The minimum absolute atomic E-state index is 0.0459. The summed E-state index contributed by atoms with van der Waals surface area (Å²) in [7, 11) is -3.17. The van der Waals surface area contributed by atoms with Crippen LogP contribution in [0.25, 0.3) is 0 Å². The van der Waals surface area contributed by atoms with Gasteiger partial charge in [-0.15, -0.1) is 0 Å². The normalized spacial score (nSPS) is 11.2. The fourth-order valence-corrected chi connectivity index (χ4v) is 2.41. The molecule has 0 aromatic heterocycles. The first-order valence-corrected chi connectivity index (χ1v) is 8.49. The van der Waals surface area contributed by atoms with Crippen molar-refractivity contribution in [2.45, 2.75) is 25.6 Å². The van der Waals surface area contributed by atoms with Crippen molar-refractivity contribution in [2.75, 3.05) is 12.3 Å². The molecule has 0 spiro atoms. The lowest BCUT2D eigenvalue weighted by atomic mass is 10.1. The molecule has 2 amide bonds. The van der Waals surface area contributed by atoms with Crippen LogP contribution in [0.5, 0.6) is 0 Å². The van der Waals surface area contributed by atoms with Crippen molar-refractivity contribution in [3.8, 4) is 0 Å². The third kappa shape index (κ3) is 5.72. The molecule has 0 aliphatic rings. The summed E-state index contributed by atoms with van der Waals surface area (Å²) in [4.78, 5) is 22.2. The van der Waals surface area contributed by atoms with E-state index in [2.05, 4.69) is 10.6 Å². The molecule has 0 fully saturated rings. The second-order valence-corrected chi connectivity index (χ2v) is 7.70. The standard InChI is InChI=1S/C14H20N2O5S/c1-10(2)22(20,21)8-7-15-14(19)16-9-11-3-5-12(6-4-11)13(17)18/h3-6,10H,7-9H2,1-2H3,(H,17,18)(H2,15,16,19). The molecule has 0 saturated carbocycles. The van der Waals surface area contributed by atoms with Gasteiger partial charge in [-0.1, -0.05) is 12.1 Å². The monoisotopic (exact) mass is 328 g/mol. The Hall–Kier alpha value is -2.09. The van der Waals surface area contributed by atoms with Crippen LogP contribution >= 0.6 is 0 Å². The molecule has 0 unspecified atom stereocenters. The van der Waals surface area contributed by atoms with E-state index in [0.29, 0.717) is 0 Å². The van der Waals surface area contributed by atoms with Gasteiger partial charge >= 0.3 is 12.0 Å². The van der Waals surface area contributed by atoms with Gasteiger partial charge in [0, 0.05) is 13.1 Å². The van der Waals surface area contributed by atoms with Crippen molar-refractivity contribution < 1.29 is 23.1 Å². The lowest BCUT2D eigenvalue weighted by Gasteiger charge is -2.10. The van der Waals surface area contributed by atoms with Crippen LogP contribution < -0.4 is 10.6 Å². The van der Waals surface area contributed by atoms with Crippen LogP contribution in [-0.2, 0) is 16.4 Å². The summed E-state index contributed by atoms with van der Waals surface area (Å²) in [5.41, 5.74) is 0.919. The van der Waals surface area contributed by atoms with E-state index in [4.69, 9.17) is 5.11 Å². The average Bonchev–Trinajstić information content (AvgIpc) is 2.45. The molecule has 0 atom stereocenters. The molecule has 8 heteroatoms.